The summed E-state index contributed by atoms with van der Waals surface area (Å²) in [5.74, 6) is 0.584. The zero-order valence-electron chi connectivity index (χ0n) is 21.0. The minimum Gasteiger partial charge on any atom is -0.381 e. The van der Waals surface area contributed by atoms with Crippen molar-refractivity contribution in [1.82, 2.24) is 10.2 Å². The van der Waals surface area contributed by atoms with Crippen molar-refractivity contribution in [2.45, 2.75) is 78.2 Å². The average molecular weight is 454 g/mol. The monoisotopic (exact) mass is 453 g/mol. The van der Waals surface area contributed by atoms with Crippen LogP contribution in [0.4, 0.5) is 5.69 Å². The lowest BCUT2D eigenvalue weighted by Crippen LogP contribution is -2.43. The number of aliphatic imine (C=N–C) groups is 1. The highest BCUT2D eigenvalue weighted by molar-refractivity contribution is 5.89. The molecule has 5 nitrogen and oxygen atoms in total. The molecule has 0 aromatic heterocycles. The van der Waals surface area contributed by atoms with Gasteiger partial charge in [-0.3, -0.25) is 14.7 Å². The Morgan fingerprint density at radius 1 is 1.24 bits per heavy atom. The lowest BCUT2D eigenvalue weighted by molar-refractivity contribution is -0.122. The van der Waals surface area contributed by atoms with Gasteiger partial charge in [0.2, 0.25) is 5.91 Å². The van der Waals surface area contributed by atoms with E-state index in [0.29, 0.717) is 18.8 Å². The SMILES string of the molecule is C=C(CC(NC(=O)CC/C(C)=N/c1ccc(CC)cc1C)C1CCOCC1)CN1CCCC1. The van der Waals surface area contributed by atoms with Crippen LogP contribution in [0.25, 0.3) is 0 Å². The van der Waals surface area contributed by atoms with Crippen molar-refractivity contribution in [2.75, 3.05) is 32.8 Å². The number of aryl methyl sites for hydroxylation is 2. The van der Waals surface area contributed by atoms with Crippen molar-refractivity contribution in [2.24, 2.45) is 10.9 Å². The van der Waals surface area contributed by atoms with Crippen molar-refractivity contribution in [3.05, 3.63) is 41.5 Å². The Bertz CT molecular complexity index is 820. The van der Waals surface area contributed by atoms with Gasteiger partial charge in [0.05, 0.1) is 5.69 Å². The third-order valence-corrected chi connectivity index (χ3v) is 7.03. The molecule has 1 atom stereocenters. The zero-order valence-corrected chi connectivity index (χ0v) is 21.0. The Labute approximate surface area is 200 Å². The molecule has 5 heteroatoms. The van der Waals surface area contributed by atoms with Crippen LogP contribution < -0.4 is 5.32 Å². The molecule has 1 unspecified atom stereocenters. The number of nitrogens with zero attached hydrogens (tertiary/aromatic N) is 2. The maximum Gasteiger partial charge on any atom is 0.220 e. The molecule has 0 saturated carbocycles. The van der Waals surface area contributed by atoms with Gasteiger partial charge in [-0.1, -0.05) is 31.2 Å². The minimum absolute atomic E-state index is 0.119. The van der Waals surface area contributed by atoms with Crippen LogP contribution in [0.5, 0.6) is 0 Å². The molecule has 2 heterocycles. The van der Waals surface area contributed by atoms with Crippen LogP contribution in [0.15, 0.2) is 35.3 Å². The average Bonchev–Trinajstić information content (AvgIpc) is 3.32. The summed E-state index contributed by atoms with van der Waals surface area (Å²) in [6.45, 7) is 15.5. The van der Waals surface area contributed by atoms with Crippen LogP contribution in [-0.4, -0.2) is 55.4 Å². The van der Waals surface area contributed by atoms with Gasteiger partial charge in [0.25, 0.3) is 0 Å². The molecule has 0 bridgehead atoms. The van der Waals surface area contributed by atoms with Crippen molar-refractivity contribution in [1.29, 1.82) is 0 Å². The van der Waals surface area contributed by atoms with Gasteiger partial charge in [-0.2, -0.15) is 0 Å². The molecule has 33 heavy (non-hydrogen) atoms. The largest absolute Gasteiger partial charge is 0.381 e. The highest BCUT2D eigenvalue weighted by Crippen LogP contribution is 2.24. The fourth-order valence-electron chi connectivity index (χ4n) is 4.98. The first-order valence-corrected chi connectivity index (χ1v) is 12.8. The Morgan fingerprint density at radius 2 is 1.97 bits per heavy atom. The summed E-state index contributed by atoms with van der Waals surface area (Å²) in [4.78, 5) is 20.2. The Balaban J connectivity index is 1.53. The van der Waals surface area contributed by atoms with Gasteiger partial charge in [-0.15, -0.1) is 0 Å². The maximum absolute atomic E-state index is 12.9. The first-order valence-electron chi connectivity index (χ1n) is 12.8. The topological polar surface area (TPSA) is 53.9 Å². The van der Waals surface area contributed by atoms with E-state index in [2.05, 4.69) is 48.8 Å². The number of ether oxygens (including phenoxy) is 1. The number of likely N-dealkylation sites (tertiary alicyclic amines) is 1. The van der Waals surface area contributed by atoms with Crippen molar-refractivity contribution >= 4 is 17.3 Å². The van der Waals surface area contributed by atoms with E-state index in [1.54, 1.807) is 0 Å². The van der Waals surface area contributed by atoms with E-state index in [9.17, 15) is 4.79 Å². The first kappa shape index (κ1) is 25.6. The fourth-order valence-corrected chi connectivity index (χ4v) is 4.98. The van der Waals surface area contributed by atoms with Gasteiger partial charge in [0, 0.05) is 37.9 Å². The molecule has 1 amide bonds. The quantitative estimate of drug-likeness (QED) is 0.361. The molecule has 182 valence electrons. The second-order valence-corrected chi connectivity index (χ2v) is 9.88. The summed E-state index contributed by atoms with van der Waals surface area (Å²) in [7, 11) is 0. The van der Waals surface area contributed by atoms with Crippen LogP contribution in [0.3, 0.4) is 0 Å². The number of rotatable bonds is 11. The number of hydrogen-bond acceptors (Lipinski definition) is 4. The molecule has 0 spiro atoms. The summed E-state index contributed by atoms with van der Waals surface area (Å²) < 4.78 is 5.57. The van der Waals surface area contributed by atoms with Gasteiger partial charge < -0.3 is 10.1 Å². The number of carbonyl (C=O) groups excluding carboxylic acids is 1. The number of nitrogens with one attached hydrogen (secondary N) is 1. The highest BCUT2D eigenvalue weighted by Gasteiger charge is 2.26. The summed E-state index contributed by atoms with van der Waals surface area (Å²) in [6.07, 6.45) is 7.64. The van der Waals surface area contributed by atoms with Gasteiger partial charge >= 0.3 is 0 Å². The van der Waals surface area contributed by atoms with Crippen LogP contribution in [0.2, 0.25) is 0 Å². The van der Waals surface area contributed by atoms with Gasteiger partial charge in [-0.25, -0.2) is 0 Å². The van der Waals surface area contributed by atoms with E-state index in [4.69, 9.17) is 9.73 Å². The molecule has 2 aliphatic heterocycles. The standard InChI is InChI=1S/C28H43N3O2/c1-5-24-9-10-26(22(3)19-24)29-23(4)8-11-28(32)30-27(25-12-16-33-17-13-25)18-21(2)20-31-14-6-7-15-31/h9-10,19,25,27H,2,5-8,11-18,20H2,1,3-4H3,(H,30,32)/b29-23+. The van der Waals surface area contributed by atoms with Crippen LogP contribution in [0, 0.1) is 12.8 Å². The number of carbonyl (C=O) groups is 1. The Hall–Kier alpha value is -1.98. The Kier molecular flexibility index (Phi) is 10.1. The van der Waals surface area contributed by atoms with E-state index in [1.165, 1.54) is 42.6 Å². The molecular weight excluding hydrogens is 410 g/mol. The number of amides is 1. The van der Waals surface area contributed by atoms with Gasteiger partial charge in [0.15, 0.2) is 0 Å². The predicted octanol–water partition coefficient (Wildman–Crippen LogP) is 5.38. The second-order valence-electron chi connectivity index (χ2n) is 9.88. The lowest BCUT2D eigenvalue weighted by atomic mass is 9.87. The summed E-state index contributed by atoms with van der Waals surface area (Å²) in [5, 5.41) is 3.36. The third kappa shape index (κ3) is 8.38. The molecule has 1 aromatic carbocycles. The smallest absolute Gasteiger partial charge is 0.220 e. The maximum atomic E-state index is 12.9. The normalized spacial score (nSPS) is 18.9. The van der Waals surface area contributed by atoms with E-state index < -0.39 is 0 Å². The number of benzene rings is 1. The fraction of sp³-hybridized carbons (Fsp3) is 0.643. The van der Waals surface area contributed by atoms with E-state index in [0.717, 1.165) is 56.8 Å². The van der Waals surface area contributed by atoms with E-state index >= 15 is 0 Å². The molecule has 3 rings (SSSR count). The molecular formula is C28H43N3O2. The minimum atomic E-state index is 0.119. The summed E-state index contributed by atoms with van der Waals surface area (Å²) in [5.41, 5.74) is 5.75. The lowest BCUT2D eigenvalue weighted by Gasteiger charge is -2.32. The second kappa shape index (κ2) is 13.0. The van der Waals surface area contributed by atoms with Crippen molar-refractivity contribution in [3.8, 4) is 0 Å². The molecule has 2 fully saturated rings. The molecule has 0 aliphatic carbocycles. The first-order chi connectivity index (χ1) is 15.9. The van der Waals surface area contributed by atoms with Gasteiger partial charge in [-0.05, 0) is 95.0 Å². The molecule has 1 aromatic rings. The summed E-state index contributed by atoms with van der Waals surface area (Å²) >= 11 is 0. The van der Waals surface area contributed by atoms with Gasteiger partial charge in [0.1, 0.15) is 0 Å². The molecule has 0 radical (unpaired) electrons. The number of hydrogen-bond donors (Lipinski definition) is 1. The van der Waals surface area contributed by atoms with E-state index in [1.807, 2.05) is 6.92 Å². The predicted molar refractivity (Wildman–Crippen MR) is 137 cm³/mol. The highest BCUT2D eigenvalue weighted by atomic mass is 16.5. The van der Waals surface area contributed by atoms with E-state index in [-0.39, 0.29) is 11.9 Å². The van der Waals surface area contributed by atoms with Crippen LogP contribution in [-0.2, 0) is 16.0 Å². The molecule has 2 saturated heterocycles. The summed E-state index contributed by atoms with van der Waals surface area (Å²) in [6, 6.07) is 6.58. The van der Waals surface area contributed by atoms with Crippen LogP contribution >= 0.6 is 0 Å². The third-order valence-electron chi connectivity index (χ3n) is 7.03. The Morgan fingerprint density at radius 3 is 2.64 bits per heavy atom. The van der Waals surface area contributed by atoms with Crippen LogP contribution in [0.1, 0.15) is 69.9 Å². The van der Waals surface area contributed by atoms with Crippen molar-refractivity contribution < 1.29 is 9.53 Å². The molecule has 1 N–H and O–H groups in total. The van der Waals surface area contributed by atoms with Crippen molar-refractivity contribution in [3.63, 3.8) is 0 Å². The molecule has 2 aliphatic rings. The zero-order chi connectivity index (χ0) is 23.6.